The lowest BCUT2D eigenvalue weighted by atomic mass is 9.83. The van der Waals surface area contributed by atoms with Gasteiger partial charge in [0, 0.05) is 6.61 Å². The fourth-order valence-corrected chi connectivity index (χ4v) is 3.08. The minimum atomic E-state index is -0.0749. The fraction of sp³-hybridized carbons (Fsp3) is 0.875. The molecule has 1 N–H and O–H groups in total. The largest absolute Gasteiger partial charge is 0.374 e. The third-order valence-electron chi connectivity index (χ3n) is 4.27. The SMILES string of the molecule is CCOC(C)(CC)C(NC)C1=CCCCCCC1. The van der Waals surface area contributed by atoms with Gasteiger partial charge in [-0.1, -0.05) is 31.4 Å². The van der Waals surface area contributed by atoms with Crippen molar-refractivity contribution in [3.63, 3.8) is 0 Å². The summed E-state index contributed by atoms with van der Waals surface area (Å²) in [5.41, 5.74) is 1.49. The first-order valence-corrected chi connectivity index (χ1v) is 7.68. The molecule has 0 aliphatic heterocycles. The number of ether oxygens (including phenoxy) is 1. The quantitative estimate of drug-likeness (QED) is 0.721. The van der Waals surface area contributed by atoms with E-state index in [1.165, 1.54) is 38.5 Å². The summed E-state index contributed by atoms with van der Waals surface area (Å²) >= 11 is 0. The van der Waals surface area contributed by atoms with Gasteiger partial charge in [-0.15, -0.1) is 0 Å². The first-order valence-electron chi connectivity index (χ1n) is 7.68. The molecule has 0 bridgehead atoms. The van der Waals surface area contributed by atoms with Gasteiger partial charge in [-0.3, -0.25) is 0 Å². The van der Waals surface area contributed by atoms with Crippen LogP contribution in [0.1, 0.15) is 65.7 Å². The molecule has 0 spiro atoms. The molecule has 0 saturated heterocycles. The Bertz CT molecular complexity index is 262. The number of likely N-dealkylation sites (N-methyl/N-ethyl adjacent to an activating group) is 1. The van der Waals surface area contributed by atoms with Crippen molar-refractivity contribution in [3.8, 4) is 0 Å². The average molecular weight is 253 g/mol. The predicted molar refractivity (Wildman–Crippen MR) is 79.0 cm³/mol. The zero-order chi connectivity index (χ0) is 13.4. The van der Waals surface area contributed by atoms with Crippen LogP contribution in [0.15, 0.2) is 11.6 Å². The lowest BCUT2D eigenvalue weighted by Gasteiger charge is -2.38. The van der Waals surface area contributed by atoms with Crippen LogP contribution < -0.4 is 5.32 Å². The van der Waals surface area contributed by atoms with Crippen LogP contribution in [-0.2, 0) is 4.74 Å². The summed E-state index contributed by atoms with van der Waals surface area (Å²) in [4.78, 5) is 0. The van der Waals surface area contributed by atoms with Crippen molar-refractivity contribution >= 4 is 0 Å². The van der Waals surface area contributed by atoms with Gasteiger partial charge in [-0.25, -0.2) is 0 Å². The molecule has 18 heavy (non-hydrogen) atoms. The molecule has 0 aromatic heterocycles. The molecule has 1 rings (SSSR count). The van der Waals surface area contributed by atoms with Crippen molar-refractivity contribution < 1.29 is 4.74 Å². The van der Waals surface area contributed by atoms with Crippen LogP contribution in [0, 0.1) is 0 Å². The van der Waals surface area contributed by atoms with Gasteiger partial charge < -0.3 is 10.1 Å². The maximum absolute atomic E-state index is 6.05. The fourth-order valence-electron chi connectivity index (χ4n) is 3.08. The summed E-state index contributed by atoms with van der Waals surface area (Å²) in [6, 6.07) is 0.362. The van der Waals surface area contributed by atoms with E-state index in [2.05, 4.69) is 39.2 Å². The highest BCUT2D eigenvalue weighted by Crippen LogP contribution is 2.29. The second-order valence-electron chi connectivity index (χ2n) is 5.55. The maximum Gasteiger partial charge on any atom is 0.0842 e. The second kappa shape index (κ2) is 7.96. The summed E-state index contributed by atoms with van der Waals surface area (Å²) in [6.07, 6.45) is 11.4. The highest BCUT2D eigenvalue weighted by molar-refractivity contribution is 5.17. The van der Waals surface area contributed by atoms with Crippen molar-refractivity contribution in [1.29, 1.82) is 0 Å². The minimum Gasteiger partial charge on any atom is -0.374 e. The molecule has 0 heterocycles. The molecule has 0 aromatic rings. The lowest BCUT2D eigenvalue weighted by Crippen LogP contribution is -2.50. The molecule has 2 unspecified atom stereocenters. The van der Waals surface area contributed by atoms with Crippen LogP contribution in [0.3, 0.4) is 0 Å². The Labute approximate surface area is 113 Å². The van der Waals surface area contributed by atoms with Crippen molar-refractivity contribution in [3.05, 3.63) is 11.6 Å². The van der Waals surface area contributed by atoms with E-state index in [1.54, 1.807) is 5.57 Å². The highest BCUT2D eigenvalue weighted by Gasteiger charge is 2.34. The van der Waals surface area contributed by atoms with Gasteiger partial charge in [-0.2, -0.15) is 0 Å². The smallest absolute Gasteiger partial charge is 0.0842 e. The highest BCUT2D eigenvalue weighted by atomic mass is 16.5. The first kappa shape index (κ1) is 15.7. The van der Waals surface area contributed by atoms with Gasteiger partial charge >= 0.3 is 0 Å². The Kier molecular flexibility index (Phi) is 6.95. The third kappa shape index (κ3) is 4.10. The summed E-state index contributed by atoms with van der Waals surface area (Å²) in [5.74, 6) is 0. The molecular weight excluding hydrogens is 222 g/mol. The molecule has 2 heteroatoms. The van der Waals surface area contributed by atoms with Gasteiger partial charge in [0.1, 0.15) is 0 Å². The van der Waals surface area contributed by atoms with Crippen LogP contribution in [-0.4, -0.2) is 25.3 Å². The monoisotopic (exact) mass is 253 g/mol. The Morgan fingerprint density at radius 3 is 2.61 bits per heavy atom. The zero-order valence-corrected chi connectivity index (χ0v) is 12.7. The van der Waals surface area contributed by atoms with Crippen molar-refractivity contribution in [2.24, 2.45) is 0 Å². The number of allylic oxidation sites excluding steroid dienone is 1. The molecule has 1 aliphatic rings. The van der Waals surface area contributed by atoms with E-state index < -0.39 is 0 Å². The van der Waals surface area contributed by atoms with Crippen molar-refractivity contribution in [1.82, 2.24) is 5.32 Å². The number of hydrogen-bond donors (Lipinski definition) is 1. The van der Waals surface area contributed by atoms with Gasteiger partial charge in [-0.05, 0) is 53.0 Å². The molecule has 1 aliphatic carbocycles. The van der Waals surface area contributed by atoms with E-state index in [-0.39, 0.29) is 5.60 Å². The summed E-state index contributed by atoms with van der Waals surface area (Å²) in [7, 11) is 2.07. The van der Waals surface area contributed by atoms with Gasteiger partial charge in [0.05, 0.1) is 11.6 Å². The number of rotatable bonds is 6. The van der Waals surface area contributed by atoms with Crippen molar-refractivity contribution in [2.45, 2.75) is 77.4 Å². The maximum atomic E-state index is 6.05. The Balaban J connectivity index is 2.84. The van der Waals surface area contributed by atoms with E-state index in [1.807, 2.05) is 0 Å². The first-order chi connectivity index (χ1) is 8.68. The van der Waals surface area contributed by atoms with Crippen LogP contribution in [0.2, 0.25) is 0 Å². The van der Waals surface area contributed by atoms with Gasteiger partial charge in [0.25, 0.3) is 0 Å². The van der Waals surface area contributed by atoms with Gasteiger partial charge in [0.15, 0.2) is 0 Å². The van der Waals surface area contributed by atoms with Crippen molar-refractivity contribution in [2.75, 3.05) is 13.7 Å². The molecule has 0 aromatic carbocycles. The van der Waals surface area contributed by atoms with E-state index in [4.69, 9.17) is 4.74 Å². The Hall–Kier alpha value is -0.340. The van der Waals surface area contributed by atoms with E-state index >= 15 is 0 Å². The van der Waals surface area contributed by atoms with Gasteiger partial charge in [0.2, 0.25) is 0 Å². The molecule has 0 radical (unpaired) electrons. The Morgan fingerprint density at radius 1 is 1.28 bits per heavy atom. The lowest BCUT2D eigenvalue weighted by molar-refractivity contribution is -0.0458. The van der Waals surface area contributed by atoms with Crippen LogP contribution >= 0.6 is 0 Å². The predicted octanol–water partition coefficient (Wildman–Crippen LogP) is 4.06. The molecule has 2 atom stereocenters. The van der Waals surface area contributed by atoms with Crippen LogP contribution in [0.25, 0.3) is 0 Å². The number of nitrogens with one attached hydrogen (secondary N) is 1. The van der Waals surface area contributed by atoms with E-state index in [9.17, 15) is 0 Å². The summed E-state index contributed by atoms with van der Waals surface area (Å²) in [6.45, 7) is 7.35. The molecule has 2 nitrogen and oxygen atoms in total. The van der Waals surface area contributed by atoms with E-state index in [0.717, 1.165) is 13.0 Å². The molecule has 106 valence electrons. The third-order valence-corrected chi connectivity index (χ3v) is 4.27. The van der Waals surface area contributed by atoms with Crippen LogP contribution in [0.4, 0.5) is 0 Å². The molecule has 0 saturated carbocycles. The second-order valence-corrected chi connectivity index (χ2v) is 5.55. The summed E-state index contributed by atoms with van der Waals surface area (Å²) in [5, 5.41) is 3.50. The standard InChI is InChI=1S/C16H31NO/c1-5-16(3,18-6-2)15(17-4)14-12-10-8-7-9-11-13-14/h12,15,17H,5-11,13H2,1-4H3. The minimum absolute atomic E-state index is 0.0749. The van der Waals surface area contributed by atoms with E-state index in [0.29, 0.717) is 6.04 Å². The average Bonchev–Trinajstić information content (AvgIpc) is 2.32. The normalized spacial score (nSPS) is 22.6. The molecule has 0 fully saturated rings. The summed E-state index contributed by atoms with van der Waals surface area (Å²) < 4.78 is 6.05. The van der Waals surface area contributed by atoms with Crippen LogP contribution in [0.5, 0.6) is 0 Å². The Morgan fingerprint density at radius 2 is 2.00 bits per heavy atom. The molecular formula is C16H31NO. The number of hydrogen-bond acceptors (Lipinski definition) is 2. The molecule has 0 amide bonds. The topological polar surface area (TPSA) is 21.3 Å². The zero-order valence-electron chi connectivity index (χ0n) is 12.7.